The Morgan fingerprint density at radius 1 is 1.12 bits per heavy atom. The molecule has 0 amide bonds. The number of phenols is 1. The molecule has 0 aromatic heterocycles. The first-order valence-electron chi connectivity index (χ1n) is 8.15. The number of benzene rings is 2. The van der Waals surface area contributed by atoms with E-state index in [2.05, 4.69) is 0 Å². The molecule has 0 saturated carbocycles. The van der Waals surface area contributed by atoms with Crippen molar-refractivity contribution in [2.45, 2.75) is 37.6 Å². The Balaban J connectivity index is 2.02. The third kappa shape index (κ3) is 3.06. The average Bonchev–Trinajstić information content (AvgIpc) is 2.63. The lowest BCUT2D eigenvalue weighted by molar-refractivity contribution is -0.277. The van der Waals surface area contributed by atoms with E-state index in [9.17, 15) is 25.5 Å². The number of methoxy groups -OCH3 is 1. The van der Waals surface area contributed by atoms with Crippen LogP contribution < -0.4 is 9.47 Å². The highest BCUT2D eigenvalue weighted by Crippen LogP contribution is 2.45. The minimum atomic E-state index is -1.59. The summed E-state index contributed by atoms with van der Waals surface area (Å²) in [7, 11) is 1.40. The number of aromatic hydroxyl groups is 1. The second-order valence-corrected chi connectivity index (χ2v) is 6.24. The molecule has 26 heavy (non-hydrogen) atoms. The summed E-state index contributed by atoms with van der Waals surface area (Å²) in [4.78, 5) is 0. The van der Waals surface area contributed by atoms with Crippen molar-refractivity contribution in [3.05, 3.63) is 29.8 Å². The van der Waals surface area contributed by atoms with E-state index >= 15 is 0 Å². The highest BCUT2D eigenvalue weighted by molar-refractivity contribution is 5.95. The van der Waals surface area contributed by atoms with Gasteiger partial charge in [-0.25, -0.2) is 0 Å². The van der Waals surface area contributed by atoms with Crippen molar-refractivity contribution in [1.82, 2.24) is 0 Å². The molecule has 1 fully saturated rings. The zero-order chi connectivity index (χ0) is 19.0. The van der Waals surface area contributed by atoms with Crippen LogP contribution >= 0.6 is 0 Å². The molecular weight excluding hydrogens is 344 g/mol. The van der Waals surface area contributed by atoms with Gasteiger partial charge < -0.3 is 39.7 Å². The van der Waals surface area contributed by atoms with Gasteiger partial charge in [-0.05, 0) is 23.9 Å². The van der Waals surface area contributed by atoms with E-state index in [-0.39, 0.29) is 17.2 Å². The lowest BCUT2D eigenvalue weighted by Gasteiger charge is -2.39. The predicted octanol–water partition coefficient (Wildman–Crippen LogP) is 0.0411. The molecule has 1 aliphatic heterocycles. The molecule has 0 bridgehead atoms. The number of aliphatic hydroxyl groups is 4. The quantitative estimate of drug-likeness (QED) is 0.513. The van der Waals surface area contributed by atoms with E-state index in [1.54, 1.807) is 6.07 Å². The second kappa shape index (κ2) is 7.26. The highest BCUT2D eigenvalue weighted by atomic mass is 16.7. The Morgan fingerprint density at radius 2 is 1.85 bits per heavy atom. The first kappa shape index (κ1) is 18.7. The molecule has 0 radical (unpaired) electrons. The highest BCUT2D eigenvalue weighted by Gasteiger charge is 2.45. The van der Waals surface area contributed by atoms with Crippen LogP contribution in [0.15, 0.2) is 24.3 Å². The first-order valence-corrected chi connectivity index (χ1v) is 8.15. The van der Waals surface area contributed by atoms with Crippen molar-refractivity contribution in [2.24, 2.45) is 0 Å². The number of rotatable bonds is 4. The summed E-state index contributed by atoms with van der Waals surface area (Å²) in [5, 5.41) is 51.1. The molecule has 5 N–H and O–H groups in total. The van der Waals surface area contributed by atoms with Crippen molar-refractivity contribution in [3.63, 3.8) is 0 Å². The van der Waals surface area contributed by atoms with E-state index in [0.717, 1.165) is 10.9 Å². The van der Waals surface area contributed by atoms with Crippen LogP contribution in [0.5, 0.6) is 17.2 Å². The maximum absolute atomic E-state index is 10.7. The Bertz CT molecular complexity index is 790. The van der Waals surface area contributed by atoms with Gasteiger partial charge in [0, 0.05) is 5.39 Å². The molecule has 8 nitrogen and oxygen atoms in total. The fourth-order valence-electron chi connectivity index (χ4n) is 3.12. The molecular formula is C18H22O8. The Labute approximate surface area is 149 Å². The lowest BCUT2D eigenvalue weighted by atomic mass is 9.99. The molecule has 142 valence electrons. The van der Waals surface area contributed by atoms with Crippen LogP contribution in [0.1, 0.15) is 5.56 Å². The molecule has 2 aromatic carbocycles. The van der Waals surface area contributed by atoms with Gasteiger partial charge in [0.1, 0.15) is 24.4 Å². The number of ether oxygens (including phenoxy) is 3. The second-order valence-electron chi connectivity index (χ2n) is 6.24. The molecule has 0 unspecified atom stereocenters. The predicted molar refractivity (Wildman–Crippen MR) is 91.3 cm³/mol. The number of aliphatic hydroxyl groups excluding tert-OH is 4. The van der Waals surface area contributed by atoms with E-state index in [4.69, 9.17) is 14.2 Å². The topological polar surface area (TPSA) is 129 Å². The van der Waals surface area contributed by atoms with Gasteiger partial charge in [-0.3, -0.25) is 0 Å². The van der Waals surface area contributed by atoms with Gasteiger partial charge in [0.25, 0.3) is 0 Å². The van der Waals surface area contributed by atoms with Crippen molar-refractivity contribution < 1.29 is 39.7 Å². The number of aryl methyl sites for hydroxylation is 1. The number of fused-ring (bicyclic) bond motifs is 1. The summed E-state index contributed by atoms with van der Waals surface area (Å²) < 4.78 is 16.2. The molecule has 0 aliphatic carbocycles. The van der Waals surface area contributed by atoms with Gasteiger partial charge in [0.15, 0.2) is 11.5 Å². The van der Waals surface area contributed by atoms with E-state index in [1.165, 1.54) is 7.11 Å². The Morgan fingerprint density at radius 3 is 2.50 bits per heavy atom. The summed E-state index contributed by atoms with van der Waals surface area (Å²) in [6.07, 6.45) is -7.21. The molecule has 1 saturated heterocycles. The maximum atomic E-state index is 10.7. The fourth-order valence-corrected chi connectivity index (χ4v) is 3.12. The first-order chi connectivity index (χ1) is 12.4. The van der Waals surface area contributed by atoms with Crippen LogP contribution in [0.25, 0.3) is 10.8 Å². The minimum absolute atomic E-state index is 0.0707. The summed E-state index contributed by atoms with van der Waals surface area (Å²) in [6, 6.07) is 7.14. The Hall–Kier alpha value is -2.10. The molecule has 0 spiro atoms. The van der Waals surface area contributed by atoms with Crippen LogP contribution in [0.3, 0.4) is 0 Å². The lowest BCUT2D eigenvalue weighted by Crippen LogP contribution is -2.60. The molecule has 8 heteroatoms. The number of phenolic OH excluding ortho intramolecular Hbond substituents is 1. The van der Waals surface area contributed by atoms with Crippen LogP contribution in [-0.4, -0.2) is 70.0 Å². The summed E-state index contributed by atoms with van der Waals surface area (Å²) in [5.41, 5.74) is 0.807. The van der Waals surface area contributed by atoms with E-state index < -0.39 is 37.3 Å². The SMILES string of the molecule is COc1cc2cccc(C)c2c(O)c1O[C@@H]1O[C@H](CO)[C@@H](O)[C@H](O)[C@H]1O. The van der Waals surface area contributed by atoms with Crippen LogP contribution in [-0.2, 0) is 4.74 Å². The van der Waals surface area contributed by atoms with Crippen molar-refractivity contribution in [1.29, 1.82) is 0 Å². The maximum Gasteiger partial charge on any atom is 0.229 e. The normalized spacial score (nSPS) is 28.9. The van der Waals surface area contributed by atoms with Crippen LogP contribution in [0.4, 0.5) is 0 Å². The standard InChI is InChI=1S/C18H22O8/c1-8-4-3-5-9-6-10(24-2)17(14(21)12(8)9)26-18-16(23)15(22)13(20)11(7-19)25-18/h3-6,11,13,15-16,18-23H,7H2,1-2H3/t11-,13-,15+,16-,18+/m1/s1. The molecule has 1 aliphatic rings. The van der Waals surface area contributed by atoms with Crippen molar-refractivity contribution >= 4 is 10.8 Å². The van der Waals surface area contributed by atoms with Gasteiger partial charge in [-0.1, -0.05) is 18.2 Å². The number of hydrogen-bond donors (Lipinski definition) is 5. The summed E-state index contributed by atoms with van der Waals surface area (Å²) >= 11 is 0. The average molecular weight is 366 g/mol. The van der Waals surface area contributed by atoms with Gasteiger partial charge in [-0.2, -0.15) is 0 Å². The third-order valence-corrected chi connectivity index (χ3v) is 4.57. The van der Waals surface area contributed by atoms with Gasteiger partial charge >= 0.3 is 0 Å². The summed E-state index contributed by atoms with van der Waals surface area (Å²) in [5.74, 6) is -0.0643. The Kier molecular flexibility index (Phi) is 5.22. The molecule has 1 heterocycles. The zero-order valence-corrected chi connectivity index (χ0v) is 14.4. The van der Waals surface area contributed by atoms with Crippen LogP contribution in [0, 0.1) is 6.92 Å². The smallest absolute Gasteiger partial charge is 0.229 e. The zero-order valence-electron chi connectivity index (χ0n) is 14.4. The van der Waals surface area contributed by atoms with Gasteiger partial charge in [0.2, 0.25) is 12.0 Å². The number of hydrogen-bond acceptors (Lipinski definition) is 8. The van der Waals surface area contributed by atoms with Crippen molar-refractivity contribution in [3.8, 4) is 17.2 Å². The summed E-state index contributed by atoms with van der Waals surface area (Å²) in [6.45, 7) is 1.25. The van der Waals surface area contributed by atoms with E-state index in [0.29, 0.717) is 5.39 Å². The third-order valence-electron chi connectivity index (χ3n) is 4.57. The van der Waals surface area contributed by atoms with E-state index in [1.807, 2.05) is 25.1 Å². The monoisotopic (exact) mass is 366 g/mol. The molecule has 3 rings (SSSR count). The largest absolute Gasteiger partial charge is 0.504 e. The van der Waals surface area contributed by atoms with Gasteiger partial charge in [-0.15, -0.1) is 0 Å². The molecule has 5 atom stereocenters. The van der Waals surface area contributed by atoms with Crippen LogP contribution in [0.2, 0.25) is 0 Å². The fraction of sp³-hybridized carbons (Fsp3) is 0.444. The minimum Gasteiger partial charge on any atom is -0.504 e. The van der Waals surface area contributed by atoms with Crippen molar-refractivity contribution in [2.75, 3.05) is 13.7 Å². The molecule has 2 aromatic rings. The van der Waals surface area contributed by atoms with Gasteiger partial charge in [0.05, 0.1) is 13.7 Å².